The Morgan fingerprint density at radius 2 is 2.19 bits per heavy atom. The van der Waals surface area contributed by atoms with Crippen LogP contribution in [0.2, 0.25) is 0 Å². The first-order chi connectivity index (χ1) is 9.95. The summed E-state index contributed by atoms with van der Waals surface area (Å²) in [5.74, 6) is -0.680. The molecule has 1 N–H and O–H groups in total. The summed E-state index contributed by atoms with van der Waals surface area (Å²) in [6.45, 7) is 5.43. The Balaban J connectivity index is 2.29. The van der Waals surface area contributed by atoms with Crippen molar-refractivity contribution < 1.29 is 12.8 Å². The largest absolute Gasteiger partial charge is 0.313 e. The molecule has 4 nitrogen and oxygen atoms in total. The molecule has 21 heavy (non-hydrogen) atoms. The van der Waals surface area contributed by atoms with Gasteiger partial charge in [0.25, 0.3) is 0 Å². The molecule has 0 bridgehead atoms. The van der Waals surface area contributed by atoms with E-state index in [0.29, 0.717) is 19.5 Å². The zero-order valence-electron chi connectivity index (χ0n) is 12.6. The van der Waals surface area contributed by atoms with Crippen LogP contribution in [0.25, 0.3) is 0 Å². The standard InChI is InChI=1S/C15H23FN2O2S/c1-3-9-18(11-13-5-4-8-17-13)21(19,20)15-10-12(2)6-7-14(15)16/h6-7,10,13,17H,3-5,8-9,11H2,1-2H3. The van der Waals surface area contributed by atoms with Gasteiger partial charge in [-0.3, -0.25) is 0 Å². The summed E-state index contributed by atoms with van der Waals surface area (Å²) in [5.41, 5.74) is 0.741. The van der Waals surface area contributed by atoms with Gasteiger partial charge in [0.2, 0.25) is 10.0 Å². The molecule has 0 spiro atoms. The van der Waals surface area contributed by atoms with E-state index in [9.17, 15) is 12.8 Å². The van der Waals surface area contributed by atoms with Crippen molar-refractivity contribution in [3.8, 4) is 0 Å². The van der Waals surface area contributed by atoms with Crippen LogP contribution in [-0.2, 0) is 10.0 Å². The number of benzene rings is 1. The number of nitrogens with one attached hydrogen (secondary N) is 1. The van der Waals surface area contributed by atoms with Crippen LogP contribution in [0.1, 0.15) is 31.7 Å². The third kappa shape index (κ3) is 3.81. The molecule has 0 aromatic heterocycles. The minimum atomic E-state index is -3.79. The van der Waals surface area contributed by atoms with Crippen molar-refractivity contribution in [2.45, 2.75) is 44.0 Å². The van der Waals surface area contributed by atoms with E-state index in [4.69, 9.17) is 0 Å². The maximum atomic E-state index is 14.0. The first-order valence-corrected chi connectivity index (χ1v) is 8.89. The molecule has 1 aliphatic heterocycles. The topological polar surface area (TPSA) is 49.4 Å². The highest BCUT2D eigenvalue weighted by molar-refractivity contribution is 7.89. The van der Waals surface area contributed by atoms with Crippen LogP contribution >= 0.6 is 0 Å². The van der Waals surface area contributed by atoms with Gasteiger partial charge in [-0.15, -0.1) is 0 Å². The van der Waals surface area contributed by atoms with Gasteiger partial charge in [-0.25, -0.2) is 12.8 Å². The summed E-state index contributed by atoms with van der Waals surface area (Å²) >= 11 is 0. The Morgan fingerprint density at radius 3 is 2.81 bits per heavy atom. The minimum absolute atomic E-state index is 0.166. The molecule has 0 saturated carbocycles. The SMILES string of the molecule is CCCN(CC1CCCN1)S(=O)(=O)c1cc(C)ccc1F. The number of hydrogen-bond donors (Lipinski definition) is 1. The van der Waals surface area contributed by atoms with Crippen molar-refractivity contribution >= 4 is 10.0 Å². The molecular formula is C15H23FN2O2S. The maximum Gasteiger partial charge on any atom is 0.246 e. The quantitative estimate of drug-likeness (QED) is 0.876. The van der Waals surface area contributed by atoms with Crippen molar-refractivity contribution in [3.05, 3.63) is 29.6 Å². The molecule has 0 amide bonds. The molecule has 118 valence electrons. The summed E-state index contributed by atoms with van der Waals surface area (Å²) in [5, 5.41) is 3.30. The van der Waals surface area contributed by atoms with Crippen LogP contribution in [0, 0.1) is 12.7 Å². The van der Waals surface area contributed by atoms with Crippen LogP contribution in [0.3, 0.4) is 0 Å². The predicted octanol–water partition coefficient (Wildman–Crippen LogP) is 2.29. The lowest BCUT2D eigenvalue weighted by Gasteiger charge is -2.25. The van der Waals surface area contributed by atoms with E-state index in [-0.39, 0.29) is 10.9 Å². The van der Waals surface area contributed by atoms with Crippen molar-refractivity contribution in [1.29, 1.82) is 0 Å². The average Bonchev–Trinajstić information content (AvgIpc) is 2.94. The number of rotatable bonds is 6. The monoisotopic (exact) mass is 314 g/mol. The normalized spacial score (nSPS) is 19.3. The zero-order chi connectivity index (χ0) is 15.5. The molecule has 1 fully saturated rings. The second-order valence-corrected chi connectivity index (χ2v) is 7.50. The lowest BCUT2D eigenvalue weighted by atomic mass is 10.2. The van der Waals surface area contributed by atoms with Gasteiger partial charge in [-0.1, -0.05) is 13.0 Å². The third-order valence-corrected chi connectivity index (χ3v) is 5.64. The van der Waals surface area contributed by atoms with Crippen LogP contribution in [0.15, 0.2) is 23.1 Å². The lowest BCUT2D eigenvalue weighted by Crippen LogP contribution is -2.41. The molecule has 0 radical (unpaired) electrons. The van der Waals surface area contributed by atoms with Crippen LogP contribution in [0.4, 0.5) is 4.39 Å². The van der Waals surface area contributed by atoms with E-state index < -0.39 is 15.8 Å². The fourth-order valence-corrected chi connectivity index (χ4v) is 4.39. The molecular weight excluding hydrogens is 291 g/mol. The predicted molar refractivity (Wildman–Crippen MR) is 81.2 cm³/mol. The first-order valence-electron chi connectivity index (χ1n) is 7.45. The van der Waals surface area contributed by atoms with E-state index >= 15 is 0 Å². The van der Waals surface area contributed by atoms with Gasteiger partial charge in [0.05, 0.1) is 0 Å². The Morgan fingerprint density at radius 1 is 1.43 bits per heavy atom. The number of nitrogens with zero attached hydrogens (tertiary/aromatic N) is 1. The summed E-state index contributed by atoms with van der Waals surface area (Å²) in [4.78, 5) is -0.214. The highest BCUT2D eigenvalue weighted by Gasteiger charge is 2.29. The minimum Gasteiger partial charge on any atom is -0.313 e. The van der Waals surface area contributed by atoms with Crippen molar-refractivity contribution in [3.63, 3.8) is 0 Å². The van der Waals surface area contributed by atoms with Crippen LogP contribution < -0.4 is 5.32 Å². The Bertz CT molecular complexity index is 583. The molecule has 1 atom stereocenters. The summed E-state index contributed by atoms with van der Waals surface area (Å²) in [6.07, 6.45) is 2.73. The van der Waals surface area contributed by atoms with E-state index in [0.717, 1.165) is 24.9 Å². The molecule has 6 heteroatoms. The first kappa shape index (κ1) is 16.4. The smallest absolute Gasteiger partial charge is 0.246 e. The Hall–Kier alpha value is -0.980. The number of aryl methyl sites for hydroxylation is 1. The van der Waals surface area contributed by atoms with Gasteiger partial charge < -0.3 is 5.32 Å². The third-order valence-electron chi connectivity index (χ3n) is 3.76. The molecule has 1 aromatic carbocycles. The zero-order valence-corrected chi connectivity index (χ0v) is 13.4. The molecule has 0 aliphatic carbocycles. The Kier molecular flexibility index (Phi) is 5.35. The molecule has 1 saturated heterocycles. The lowest BCUT2D eigenvalue weighted by molar-refractivity contribution is 0.367. The summed E-state index contributed by atoms with van der Waals surface area (Å²) < 4.78 is 40.9. The number of halogens is 1. The second-order valence-electron chi connectivity index (χ2n) is 5.59. The van der Waals surface area contributed by atoms with E-state index in [1.54, 1.807) is 13.0 Å². The fourth-order valence-electron chi connectivity index (χ4n) is 2.66. The summed E-state index contributed by atoms with van der Waals surface area (Å²) in [7, 11) is -3.79. The highest BCUT2D eigenvalue weighted by Crippen LogP contribution is 2.22. The maximum absolute atomic E-state index is 14.0. The van der Waals surface area contributed by atoms with Crippen LogP contribution in [-0.4, -0.2) is 38.4 Å². The molecule has 1 aliphatic rings. The van der Waals surface area contributed by atoms with Gasteiger partial charge in [0, 0.05) is 19.1 Å². The van der Waals surface area contributed by atoms with Gasteiger partial charge >= 0.3 is 0 Å². The van der Waals surface area contributed by atoms with Crippen molar-refractivity contribution in [2.75, 3.05) is 19.6 Å². The Labute approximate surface area is 126 Å². The number of hydrogen-bond acceptors (Lipinski definition) is 3. The van der Waals surface area contributed by atoms with Crippen molar-refractivity contribution in [1.82, 2.24) is 9.62 Å². The van der Waals surface area contributed by atoms with Gasteiger partial charge in [-0.2, -0.15) is 4.31 Å². The summed E-state index contributed by atoms with van der Waals surface area (Å²) in [6, 6.07) is 4.38. The van der Waals surface area contributed by atoms with E-state index in [1.807, 2.05) is 6.92 Å². The molecule has 2 rings (SSSR count). The number of sulfonamides is 1. The average molecular weight is 314 g/mol. The van der Waals surface area contributed by atoms with Gasteiger partial charge in [0.1, 0.15) is 10.7 Å². The van der Waals surface area contributed by atoms with Crippen LogP contribution in [0.5, 0.6) is 0 Å². The highest BCUT2D eigenvalue weighted by atomic mass is 32.2. The van der Waals surface area contributed by atoms with E-state index in [1.165, 1.54) is 16.4 Å². The molecule has 1 aromatic rings. The second kappa shape index (κ2) is 6.85. The van der Waals surface area contributed by atoms with Crippen molar-refractivity contribution in [2.24, 2.45) is 0 Å². The van der Waals surface area contributed by atoms with Gasteiger partial charge in [0.15, 0.2) is 0 Å². The molecule has 1 heterocycles. The molecule has 1 unspecified atom stereocenters. The fraction of sp³-hybridized carbons (Fsp3) is 0.600. The van der Waals surface area contributed by atoms with Gasteiger partial charge in [-0.05, 0) is 50.4 Å². The van der Waals surface area contributed by atoms with E-state index in [2.05, 4.69) is 5.32 Å².